The van der Waals surface area contributed by atoms with Gasteiger partial charge in [-0.3, -0.25) is 9.88 Å². The summed E-state index contributed by atoms with van der Waals surface area (Å²) in [5.74, 6) is 1.04. The van der Waals surface area contributed by atoms with Gasteiger partial charge in [0.15, 0.2) is 0 Å². The zero-order valence-corrected chi connectivity index (χ0v) is 8.30. The molecule has 4 heteroatoms. The smallest absolute Gasteiger partial charge is 0.147 e. The molecule has 0 aliphatic carbocycles. The second-order valence-corrected chi connectivity index (χ2v) is 4.20. The molecule has 0 N–H and O–H groups in total. The fourth-order valence-corrected chi connectivity index (χ4v) is 2.59. The molecule has 0 aromatic carbocycles. The highest BCUT2D eigenvalue weighted by Crippen LogP contribution is 2.31. The van der Waals surface area contributed by atoms with Crippen molar-refractivity contribution in [1.29, 1.82) is 0 Å². The Morgan fingerprint density at radius 1 is 1.29 bits per heavy atom. The van der Waals surface area contributed by atoms with Crippen LogP contribution >= 0.6 is 0 Å². The summed E-state index contributed by atoms with van der Waals surface area (Å²) in [7, 11) is 2.21. The maximum Gasteiger partial charge on any atom is 0.147 e. The molecule has 2 bridgehead atoms. The number of anilines is 1. The van der Waals surface area contributed by atoms with Crippen molar-refractivity contribution in [2.75, 3.05) is 25.0 Å². The van der Waals surface area contributed by atoms with Crippen LogP contribution in [0.4, 0.5) is 5.82 Å². The van der Waals surface area contributed by atoms with Gasteiger partial charge in [0.2, 0.25) is 0 Å². The summed E-state index contributed by atoms with van der Waals surface area (Å²) in [6.07, 6.45) is 6.64. The van der Waals surface area contributed by atoms with Crippen LogP contribution in [0.5, 0.6) is 0 Å². The van der Waals surface area contributed by atoms with E-state index in [1.54, 1.807) is 12.4 Å². The highest BCUT2D eigenvalue weighted by molar-refractivity contribution is 5.40. The summed E-state index contributed by atoms with van der Waals surface area (Å²) < 4.78 is 0. The molecule has 0 spiro atoms. The number of likely N-dealkylation sites (N-methyl/N-ethyl adjacent to an activating group) is 1. The SMILES string of the molecule is CN1CC2C[C@H]1CN2c1cnccn1. The Morgan fingerprint density at radius 3 is 2.79 bits per heavy atom. The standard InChI is InChI=1S/C10H14N4/c1-13-6-9-4-8(13)7-14(9)10-5-11-2-3-12-10/h2-3,5,8-9H,4,6-7H2,1H3/t8-,9?/m0/s1. The largest absolute Gasteiger partial charge is 0.349 e. The number of rotatable bonds is 1. The van der Waals surface area contributed by atoms with Crippen molar-refractivity contribution in [1.82, 2.24) is 14.9 Å². The van der Waals surface area contributed by atoms with Crippen molar-refractivity contribution in [2.24, 2.45) is 0 Å². The minimum absolute atomic E-state index is 0.654. The summed E-state index contributed by atoms with van der Waals surface area (Å²) in [5.41, 5.74) is 0. The lowest BCUT2D eigenvalue weighted by molar-refractivity contribution is 0.292. The maximum absolute atomic E-state index is 4.35. The first-order valence-corrected chi connectivity index (χ1v) is 5.07. The number of hydrogen-bond acceptors (Lipinski definition) is 4. The molecule has 0 saturated carbocycles. The van der Waals surface area contributed by atoms with E-state index in [0.29, 0.717) is 6.04 Å². The van der Waals surface area contributed by atoms with E-state index in [-0.39, 0.29) is 0 Å². The Kier molecular flexibility index (Phi) is 1.70. The average molecular weight is 190 g/mol. The maximum atomic E-state index is 4.35. The van der Waals surface area contributed by atoms with Crippen LogP contribution in [-0.2, 0) is 0 Å². The molecule has 1 unspecified atom stereocenters. The van der Waals surface area contributed by atoms with Gasteiger partial charge in [0.05, 0.1) is 6.20 Å². The minimum atomic E-state index is 0.654. The Balaban J connectivity index is 1.84. The fraction of sp³-hybridized carbons (Fsp3) is 0.600. The van der Waals surface area contributed by atoms with Crippen LogP contribution in [0.25, 0.3) is 0 Å². The summed E-state index contributed by atoms with van der Waals surface area (Å²) >= 11 is 0. The number of piperazine rings is 1. The Hall–Kier alpha value is -1.16. The Morgan fingerprint density at radius 2 is 2.21 bits per heavy atom. The van der Waals surface area contributed by atoms with Crippen molar-refractivity contribution < 1.29 is 0 Å². The average Bonchev–Trinajstić information content (AvgIpc) is 2.77. The van der Waals surface area contributed by atoms with E-state index in [2.05, 4.69) is 26.8 Å². The number of hydrogen-bond donors (Lipinski definition) is 0. The third-order valence-electron chi connectivity index (χ3n) is 3.36. The van der Waals surface area contributed by atoms with Crippen molar-refractivity contribution in [3.8, 4) is 0 Å². The lowest BCUT2D eigenvalue weighted by Gasteiger charge is -2.32. The van der Waals surface area contributed by atoms with E-state index in [0.717, 1.165) is 18.4 Å². The van der Waals surface area contributed by atoms with Crippen LogP contribution in [-0.4, -0.2) is 47.1 Å². The van der Waals surface area contributed by atoms with Gasteiger partial charge in [-0.2, -0.15) is 0 Å². The van der Waals surface area contributed by atoms with Crippen molar-refractivity contribution in [3.05, 3.63) is 18.6 Å². The number of fused-ring (bicyclic) bond motifs is 2. The molecule has 14 heavy (non-hydrogen) atoms. The van der Waals surface area contributed by atoms with Gasteiger partial charge >= 0.3 is 0 Å². The van der Waals surface area contributed by atoms with Gasteiger partial charge in [0.1, 0.15) is 5.82 Å². The van der Waals surface area contributed by atoms with Gasteiger partial charge in [-0.05, 0) is 13.5 Å². The van der Waals surface area contributed by atoms with Crippen LogP contribution < -0.4 is 4.90 Å². The predicted octanol–water partition coefficient (Wildman–Crippen LogP) is 0.369. The van der Waals surface area contributed by atoms with E-state index in [9.17, 15) is 0 Å². The summed E-state index contributed by atoms with van der Waals surface area (Å²) in [4.78, 5) is 13.3. The van der Waals surface area contributed by atoms with Crippen molar-refractivity contribution >= 4 is 5.82 Å². The molecule has 3 rings (SSSR count). The van der Waals surface area contributed by atoms with Gasteiger partial charge in [-0.1, -0.05) is 0 Å². The quantitative estimate of drug-likeness (QED) is 0.640. The number of nitrogens with zero attached hydrogens (tertiary/aromatic N) is 4. The van der Waals surface area contributed by atoms with Crippen LogP contribution in [0.15, 0.2) is 18.6 Å². The van der Waals surface area contributed by atoms with E-state index < -0.39 is 0 Å². The molecule has 4 nitrogen and oxygen atoms in total. The Labute approximate surface area is 83.6 Å². The van der Waals surface area contributed by atoms with E-state index >= 15 is 0 Å². The topological polar surface area (TPSA) is 32.3 Å². The first kappa shape index (κ1) is 8.17. The molecule has 2 aliphatic rings. The van der Waals surface area contributed by atoms with E-state index in [1.807, 2.05) is 6.20 Å². The predicted molar refractivity (Wildman–Crippen MR) is 54.2 cm³/mol. The van der Waals surface area contributed by atoms with Gasteiger partial charge in [0, 0.05) is 37.6 Å². The molecule has 2 fully saturated rings. The Bertz CT molecular complexity index is 324. The van der Waals surface area contributed by atoms with Crippen LogP contribution in [0.3, 0.4) is 0 Å². The molecule has 2 aliphatic heterocycles. The molecule has 1 aromatic heterocycles. The zero-order valence-electron chi connectivity index (χ0n) is 8.30. The van der Waals surface area contributed by atoms with Crippen molar-refractivity contribution in [2.45, 2.75) is 18.5 Å². The monoisotopic (exact) mass is 190 g/mol. The molecule has 2 atom stereocenters. The van der Waals surface area contributed by atoms with Crippen LogP contribution in [0.1, 0.15) is 6.42 Å². The van der Waals surface area contributed by atoms with Crippen LogP contribution in [0, 0.1) is 0 Å². The van der Waals surface area contributed by atoms with Gasteiger partial charge in [-0.25, -0.2) is 4.98 Å². The molecule has 0 radical (unpaired) electrons. The second-order valence-electron chi connectivity index (χ2n) is 4.20. The highest BCUT2D eigenvalue weighted by atomic mass is 15.4. The summed E-state index contributed by atoms with van der Waals surface area (Å²) in [5, 5.41) is 0. The third kappa shape index (κ3) is 1.10. The molecule has 1 aromatic rings. The molecule has 2 saturated heterocycles. The van der Waals surface area contributed by atoms with Crippen LogP contribution in [0.2, 0.25) is 0 Å². The lowest BCUT2D eigenvalue weighted by Crippen LogP contribution is -2.44. The lowest BCUT2D eigenvalue weighted by atomic mass is 10.2. The molecule has 0 amide bonds. The first-order valence-electron chi connectivity index (χ1n) is 5.07. The normalized spacial score (nSPS) is 31.4. The van der Waals surface area contributed by atoms with Crippen molar-refractivity contribution in [3.63, 3.8) is 0 Å². The zero-order chi connectivity index (χ0) is 9.54. The molecule has 74 valence electrons. The molecular formula is C10H14N4. The summed E-state index contributed by atoms with van der Waals surface area (Å²) in [6, 6.07) is 1.38. The van der Waals surface area contributed by atoms with E-state index in [1.165, 1.54) is 13.0 Å². The number of likely N-dealkylation sites (tertiary alicyclic amines) is 1. The second kappa shape index (κ2) is 2.92. The number of aromatic nitrogens is 2. The third-order valence-corrected chi connectivity index (χ3v) is 3.36. The molecule has 3 heterocycles. The molecular weight excluding hydrogens is 176 g/mol. The van der Waals surface area contributed by atoms with E-state index in [4.69, 9.17) is 0 Å². The summed E-state index contributed by atoms with van der Waals surface area (Å²) in [6.45, 7) is 2.28. The van der Waals surface area contributed by atoms with Gasteiger partial charge in [-0.15, -0.1) is 0 Å². The first-order chi connectivity index (χ1) is 6.84. The fourth-order valence-electron chi connectivity index (χ4n) is 2.59. The van der Waals surface area contributed by atoms with Gasteiger partial charge < -0.3 is 4.90 Å². The minimum Gasteiger partial charge on any atom is -0.349 e. The highest BCUT2D eigenvalue weighted by Gasteiger charge is 2.41. The van der Waals surface area contributed by atoms with Gasteiger partial charge in [0.25, 0.3) is 0 Å².